The zero-order valence-electron chi connectivity index (χ0n) is 27.5. The van der Waals surface area contributed by atoms with Gasteiger partial charge in [0.15, 0.2) is 17.5 Å². The van der Waals surface area contributed by atoms with Crippen LogP contribution >= 0.6 is 11.3 Å². The van der Waals surface area contributed by atoms with Crippen molar-refractivity contribution >= 4 is 53.1 Å². The van der Waals surface area contributed by atoms with Crippen LogP contribution < -0.4 is 0 Å². The molecule has 51 heavy (non-hydrogen) atoms. The Kier molecular flexibility index (Phi) is 7.00. The molecule has 0 saturated heterocycles. The van der Waals surface area contributed by atoms with Crippen LogP contribution in [0.5, 0.6) is 0 Å². The van der Waals surface area contributed by atoms with Crippen LogP contribution in [0.15, 0.2) is 176 Å². The molecule has 8 aromatic carbocycles. The van der Waals surface area contributed by atoms with Crippen molar-refractivity contribution in [1.29, 1.82) is 0 Å². The van der Waals surface area contributed by atoms with Gasteiger partial charge in [0.1, 0.15) is 0 Å². The molecule has 4 heteroatoms. The average Bonchev–Trinajstić information content (AvgIpc) is 3.58. The SMILES string of the molecule is c1ccc(-c2nc(-c3c(-c4ccccc4)ccc4ccccc34)nc(-c3ccc(-c4ccc5sc6ccccc6c5c4)c4ccccc34)n2)cc1. The second-order valence-electron chi connectivity index (χ2n) is 12.8. The van der Waals surface area contributed by atoms with E-state index in [1.807, 2.05) is 35.6 Å². The van der Waals surface area contributed by atoms with Gasteiger partial charge in [-0.15, -0.1) is 11.3 Å². The Labute approximate surface area is 299 Å². The van der Waals surface area contributed by atoms with Crippen LogP contribution in [0.4, 0.5) is 0 Å². The Balaban J connectivity index is 1.22. The first-order valence-corrected chi connectivity index (χ1v) is 17.9. The number of benzene rings is 8. The molecule has 0 aliphatic carbocycles. The molecule has 0 amide bonds. The summed E-state index contributed by atoms with van der Waals surface area (Å²) >= 11 is 1.85. The number of hydrogen-bond donors (Lipinski definition) is 0. The summed E-state index contributed by atoms with van der Waals surface area (Å²) in [7, 11) is 0. The molecule has 0 atom stereocenters. The fourth-order valence-corrected chi connectivity index (χ4v) is 8.42. The van der Waals surface area contributed by atoms with Crippen LogP contribution in [0.3, 0.4) is 0 Å². The summed E-state index contributed by atoms with van der Waals surface area (Å²) in [4.78, 5) is 15.7. The minimum Gasteiger partial charge on any atom is -0.208 e. The summed E-state index contributed by atoms with van der Waals surface area (Å²) in [5.74, 6) is 1.94. The largest absolute Gasteiger partial charge is 0.208 e. The maximum atomic E-state index is 5.34. The predicted molar refractivity (Wildman–Crippen MR) is 215 cm³/mol. The standard InChI is InChI=1S/C47H29N3S/c1-3-13-30(14-4-1)36-25-23-31-15-7-8-18-35(31)44(36)47-49-45(32-16-5-2-6-17-32)48-46(50-47)40-27-26-34(37-19-9-10-20-38(37)40)33-24-28-43-41(29-33)39-21-11-12-22-42(39)51-43/h1-29H. The highest BCUT2D eigenvalue weighted by Gasteiger charge is 2.20. The lowest BCUT2D eigenvalue weighted by Crippen LogP contribution is -2.02. The molecule has 0 spiro atoms. The van der Waals surface area contributed by atoms with Crippen LogP contribution in [-0.2, 0) is 0 Å². The van der Waals surface area contributed by atoms with Crippen molar-refractivity contribution in [3.63, 3.8) is 0 Å². The Morgan fingerprint density at radius 3 is 1.69 bits per heavy atom. The van der Waals surface area contributed by atoms with Gasteiger partial charge < -0.3 is 0 Å². The average molecular weight is 668 g/mol. The first kappa shape index (κ1) is 29.4. The van der Waals surface area contributed by atoms with Gasteiger partial charge >= 0.3 is 0 Å². The first-order chi connectivity index (χ1) is 25.3. The van der Waals surface area contributed by atoms with E-state index in [0.29, 0.717) is 17.5 Å². The van der Waals surface area contributed by atoms with Crippen LogP contribution in [-0.4, -0.2) is 15.0 Å². The molecule has 10 rings (SSSR count). The summed E-state index contributed by atoms with van der Waals surface area (Å²) in [5, 5.41) is 7.09. The summed E-state index contributed by atoms with van der Waals surface area (Å²) < 4.78 is 2.61. The molecule has 0 saturated carbocycles. The van der Waals surface area contributed by atoms with E-state index in [1.165, 1.54) is 31.3 Å². The molecule has 238 valence electrons. The van der Waals surface area contributed by atoms with Gasteiger partial charge in [0.05, 0.1) is 0 Å². The van der Waals surface area contributed by atoms with E-state index in [9.17, 15) is 0 Å². The molecule has 0 aliphatic heterocycles. The highest BCUT2D eigenvalue weighted by atomic mass is 32.1. The van der Waals surface area contributed by atoms with E-state index in [4.69, 9.17) is 15.0 Å². The number of rotatable bonds is 5. The topological polar surface area (TPSA) is 38.7 Å². The normalized spacial score (nSPS) is 11.5. The molecule has 0 unspecified atom stereocenters. The van der Waals surface area contributed by atoms with Gasteiger partial charge in [-0.2, -0.15) is 0 Å². The van der Waals surface area contributed by atoms with Gasteiger partial charge in [0, 0.05) is 36.9 Å². The number of nitrogens with zero attached hydrogens (tertiary/aromatic N) is 3. The van der Waals surface area contributed by atoms with Gasteiger partial charge in [0.2, 0.25) is 0 Å². The summed E-state index contributed by atoms with van der Waals surface area (Å²) in [6, 6.07) is 62.1. The third-order valence-corrected chi connectivity index (χ3v) is 10.9. The second-order valence-corrected chi connectivity index (χ2v) is 13.8. The molecule has 3 nitrogen and oxygen atoms in total. The van der Waals surface area contributed by atoms with Gasteiger partial charge in [0.25, 0.3) is 0 Å². The first-order valence-electron chi connectivity index (χ1n) is 17.1. The smallest absolute Gasteiger partial charge is 0.165 e. The van der Waals surface area contributed by atoms with E-state index in [1.54, 1.807) is 0 Å². The predicted octanol–water partition coefficient (Wildman–Crippen LogP) is 12.9. The van der Waals surface area contributed by atoms with Crippen LogP contribution in [0.2, 0.25) is 0 Å². The second kappa shape index (κ2) is 12.1. The zero-order valence-corrected chi connectivity index (χ0v) is 28.3. The zero-order chi connectivity index (χ0) is 33.7. The van der Waals surface area contributed by atoms with E-state index in [0.717, 1.165) is 49.4 Å². The Morgan fingerprint density at radius 1 is 0.314 bits per heavy atom. The Morgan fingerprint density at radius 2 is 0.882 bits per heavy atom. The maximum Gasteiger partial charge on any atom is 0.165 e. The highest BCUT2D eigenvalue weighted by Crippen LogP contribution is 2.41. The van der Waals surface area contributed by atoms with Gasteiger partial charge in [-0.25, -0.2) is 15.0 Å². The number of thiophene rings is 1. The molecule has 10 aromatic rings. The number of fused-ring (bicyclic) bond motifs is 5. The highest BCUT2D eigenvalue weighted by molar-refractivity contribution is 7.25. The molecule has 2 aromatic heterocycles. The lowest BCUT2D eigenvalue weighted by atomic mass is 9.93. The van der Waals surface area contributed by atoms with E-state index < -0.39 is 0 Å². The summed E-state index contributed by atoms with van der Waals surface area (Å²) in [5.41, 5.74) is 7.49. The fourth-order valence-electron chi connectivity index (χ4n) is 7.33. The Hall–Kier alpha value is -6.49. The summed E-state index contributed by atoms with van der Waals surface area (Å²) in [6.45, 7) is 0. The molecule has 2 heterocycles. The minimum absolute atomic E-state index is 0.644. The molecule has 0 N–H and O–H groups in total. The van der Waals surface area contributed by atoms with Crippen molar-refractivity contribution in [3.8, 4) is 56.4 Å². The van der Waals surface area contributed by atoms with Crippen molar-refractivity contribution in [2.45, 2.75) is 0 Å². The van der Waals surface area contributed by atoms with Gasteiger partial charge in [-0.05, 0) is 68.1 Å². The van der Waals surface area contributed by atoms with Gasteiger partial charge in [-0.1, -0.05) is 152 Å². The number of aromatic nitrogens is 3. The molecule has 0 bridgehead atoms. The van der Waals surface area contributed by atoms with E-state index >= 15 is 0 Å². The van der Waals surface area contributed by atoms with E-state index in [2.05, 4.69) is 152 Å². The lowest BCUT2D eigenvalue weighted by Gasteiger charge is -2.16. The third kappa shape index (κ3) is 5.08. The third-order valence-electron chi connectivity index (χ3n) is 9.76. The monoisotopic (exact) mass is 667 g/mol. The summed E-state index contributed by atoms with van der Waals surface area (Å²) in [6.07, 6.45) is 0. The molecular weight excluding hydrogens is 639 g/mol. The van der Waals surface area contributed by atoms with E-state index in [-0.39, 0.29) is 0 Å². The van der Waals surface area contributed by atoms with Crippen molar-refractivity contribution in [1.82, 2.24) is 15.0 Å². The minimum atomic E-state index is 0.644. The Bertz CT molecular complexity index is 2910. The van der Waals surface area contributed by atoms with Crippen molar-refractivity contribution < 1.29 is 0 Å². The van der Waals surface area contributed by atoms with Crippen molar-refractivity contribution in [2.75, 3.05) is 0 Å². The molecule has 0 radical (unpaired) electrons. The molecule has 0 fully saturated rings. The quantitative estimate of drug-likeness (QED) is 0.183. The van der Waals surface area contributed by atoms with Crippen molar-refractivity contribution in [2.24, 2.45) is 0 Å². The van der Waals surface area contributed by atoms with Gasteiger partial charge in [-0.3, -0.25) is 0 Å². The number of hydrogen-bond acceptors (Lipinski definition) is 4. The fraction of sp³-hybridized carbons (Fsp3) is 0. The lowest BCUT2D eigenvalue weighted by molar-refractivity contribution is 1.08. The molecule has 0 aliphatic rings. The van der Waals surface area contributed by atoms with Crippen LogP contribution in [0.1, 0.15) is 0 Å². The maximum absolute atomic E-state index is 5.34. The van der Waals surface area contributed by atoms with Crippen LogP contribution in [0.25, 0.3) is 98.1 Å². The van der Waals surface area contributed by atoms with Crippen molar-refractivity contribution in [3.05, 3.63) is 176 Å². The van der Waals surface area contributed by atoms with Crippen LogP contribution in [0, 0.1) is 0 Å². The molecular formula is C47H29N3S.